The normalized spacial score (nSPS) is 26.2. The highest BCUT2D eigenvalue weighted by atomic mass is 127. The Morgan fingerprint density at radius 2 is 1.84 bits per heavy atom. The van der Waals surface area contributed by atoms with Crippen molar-refractivity contribution in [3.05, 3.63) is 97.1 Å². The van der Waals surface area contributed by atoms with E-state index in [0.29, 0.717) is 10.8 Å². The van der Waals surface area contributed by atoms with Crippen LogP contribution in [0.1, 0.15) is 35.1 Å². The molecule has 3 aromatic rings. The van der Waals surface area contributed by atoms with Gasteiger partial charge in [0.25, 0.3) is 5.69 Å². The van der Waals surface area contributed by atoms with E-state index in [2.05, 4.69) is 71.2 Å². The Kier molecular flexibility index (Phi) is 6.11. The van der Waals surface area contributed by atoms with Gasteiger partial charge in [0.1, 0.15) is 0 Å². The Morgan fingerprint density at radius 1 is 1.12 bits per heavy atom. The molecular weight excluding hydrogens is 555 g/mol. The van der Waals surface area contributed by atoms with E-state index in [1.807, 2.05) is 18.2 Å². The minimum Gasteiger partial charge on any atom is -0.377 e. The number of hydrogen-bond acceptors (Lipinski definition) is 4. The number of nitro groups is 1. The van der Waals surface area contributed by atoms with E-state index in [-0.39, 0.29) is 33.2 Å². The lowest BCUT2D eigenvalue weighted by Gasteiger charge is -2.39. The van der Waals surface area contributed by atoms with Crippen LogP contribution in [-0.4, -0.2) is 15.6 Å². The molecule has 0 amide bonds. The summed E-state index contributed by atoms with van der Waals surface area (Å²) in [5.41, 5.74) is 5.09. The van der Waals surface area contributed by atoms with Gasteiger partial charge in [-0.2, -0.15) is 0 Å². The lowest BCUT2D eigenvalue weighted by atomic mass is 9.76. The monoisotopic (exact) mass is 576 g/mol. The molecule has 0 bridgehead atoms. The number of rotatable bonds is 4. The Labute approximate surface area is 210 Å². The van der Waals surface area contributed by atoms with Gasteiger partial charge in [-0.15, -0.1) is 23.4 Å². The molecule has 5 atom stereocenters. The van der Waals surface area contributed by atoms with Crippen LogP contribution in [0.5, 0.6) is 0 Å². The summed E-state index contributed by atoms with van der Waals surface area (Å²) in [7, 11) is 0. The van der Waals surface area contributed by atoms with Crippen molar-refractivity contribution in [2.75, 3.05) is 5.32 Å². The summed E-state index contributed by atoms with van der Waals surface area (Å²) in [6, 6.07) is 22.1. The number of halogens is 2. The van der Waals surface area contributed by atoms with Gasteiger partial charge < -0.3 is 5.32 Å². The molecule has 2 aliphatic rings. The largest absolute Gasteiger partial charge is 0.377 e. The van der Waals surface area contributed by atoms with Gasteiger partial charge in [0.05, 0.1) is 21.2 Å². The number of thioether (sulfide) groups is 1. The predicted octanol–water partition coefficient (Wildman–Crippen LogP) is 7.55. The Balaban J connectivity index is 1.56. The SMILES string of the molecule is Cc1cc(I)cc2c1N[C@@H](c1ccccc1)[C@@H]1C[C@@H](Sc3ccccc3[N+](=O)[O-])[C@@H](Cl)[C@H]21. The first-order valence-electron chi connectivity index (χ1n) is 10.6. The topological polar surface area (TPSA) is 55.2 Å². The summed E-state index contributed by atoms with van der Waals surface area (Å²) in [6.07, 6.45) is 0.895. The van der Waals surface area contributed by atoms with Crippen LogP contribution >= 0.6 is 46.0 Å². The molecule has 7 heteroatoms. The Morgan fingerprint density at radius 3 is 2.59 bits per heavy atom. The quantitative estimate of drug-likeness (QED) is 0.151. The van der Waals surface area contributed by atoms with E-state index in [1.165, 1.54) is 25.9 Å². The number of hydrogen-bond donors (Lipinski definition) is 1. The van der Waals surface area contributed by atoms with Crippen LogP contribution in [0, 0.1) is 26.5 Å². The minimum atomic E-state index is -0.303. The van der Waals surface area contributed by atoms with Gasteiger partial charge in [-0.25, -0.2) is 0 Å². The lowest BCUT2D eigenvalue weighted by molar-refractivity contribution is -0.387. The fourth-order valence-corrected chi connectivity index (χ4v) is 7.97. The summed E-state index contributed by atoms with van der Waals surface area (Å²) in [5.74, 6) is 0.497. The van der Waals surface area contributed by atoms with Crippen molar-refractivity contribution in [3.8, 4) is 0 Å². The number of nitrogens with zero attached hydrogens (tertiary/aromatic N) is 1. The van der Waals surface area contributed by atoms with Gasteiger partial charge in [0, 0.05) is 26.5 Å². The predicted molar refractivity (Wildman–Crippen MR) is 140 cm³/mol. The maximum Gasteiger partial charge on any atom is 0.282 e. The summed E-state index contributed by atoms with van der Waals surface area (Å²) in [5, 5.41) is 15.4. The first kappa shape index (κ1) is 22.0. The molecule has 3 aromatic carbocycles. The second-order valence-corrected chi connectivity index (χ2v) is 11.5. The van der Waals surface area contributed by atoms with Crippen molar-refractivity contribution >= 4 is 57.3 Å². The van der Waals surface area contributed by atoms with Crippen LogP contribution in [-0.2, 0) is 0 Å². The molecule has 0 saturated heterocycles. The number of alkyl halides is 1. The van der Waals surface area contributed by atoms with Gasteiger partial charge in [-0.3, -0.25) is 10.1 Å². The molecule has 1 saturated carbocycles. The van der Waals surface area contributed by atoms with Crippen LogP contribution in [0.25, 0.3) is 0 Å². The third-order valence-electron chi connectivity index (χ3n) is 6.58. The molecule has 4 nitrogen and oxygen atoms in total. The number of fused-ring (bicyclic) bond motifs is 3. The third-order valence-corrected chi connectivity index (χ3v) is 9.32. The maximum absolute atomic E-state index is 11.6. The molecule has 1 aliphatic carbocycles. The first-order chi connectivity index (χ1) is 15.4. The third kappa shape index (κ3) is 3.90. The lowest BCUT2D eigenvalue weighted by Crippen LogP contribution is -2.31. The second kappa shape index (κ2) is 8.88. The van der Waals surface area contributed by atoms with E-state index in [9.17, 15) is 10.1 Å². The van der Waals surface area contributed by atoms with Crippen molar-refractivity contribution in [1.82, 2.24) is 0 Å². The molecule has 0 aromatic heterocycles. The second-order valence-electron chi connectivity index (χ2n) is 8.47. The van der Waals surface area contributed by atoms with Crippen molar-refractivity contribution in [1.29, 1.82) is 0 Å². The fourth-order valence-electron chi connectivity index (χ4n) is 5.22. The standard InChI is InChI=1S/C25H22ClIN2O2S/c1-14-11-16(27)12-17-22-18(25(28-24(14)17)15-7-3-2-4-8-15)13-21(23(22)26)32-20-10-6-5-9-19(20)29(30)31/h2-12,18,21-23,25,28H,13H2,1H3/t18-,21-,22-,23-,25+/m1/s1. The molecular formula is C25H22ClIN2O2S. The molecule has 5 rings (SSSR count). The van der Waals surface area contributed by atoms with E-state index in [4.69, 9.17) is 11.6 Å². The van der Waals surface area contributed by atoms with Gasteiger partial charge in [-0.05, 0) is 76.7 Å². The number of nitrogens with one attached hydrogen (secondary N) is 1. The molecule has 1 heterocycles. The number of anilines is 1. The highest BCUT2D eigenvalue weighted by Gasteiger charge is 2.50. The van der Waals surface area contributed by atoms with E-state index < -0.39 is 0 Å². The minimum absolute atomic E-state index is 0.0879. The fraction of sp³-hybridized carbons (Fsp3) is 0.280. The summed E-state index contributed by atoms with van der Waals surface area (Å²) < 4.78 is 1.20. The molecule has 164 valence electrons. The first-order valence-corrected chi connectivity index (χ1v) is 13.0. The average Bonchev–Trinajstić information content (AvgIpc) is 3.10. The van der Waals surface area contributed by atoms with Crippen LogP contribution < -0.4 is 5.32 Å². The molecule has 1 fully saturated rings. The summed E-state index contributed by atoms with van der Waals surface area (Å²) in [6.45, 7) is 2.15. The van der Waals surface area contributed by atoms with Crippen LogP contribution in [0.4, 0.5) is 11.4 Å². The zero-order chi connectivity index (χ0) is 22.4. The van der Waals surface area contributed by atoms with Crippen LogP contribution in [0.3, 0.4) is 0 Å². The Hall–Kier alpha value is -1.77. The van der Waals surface area contributed by atoms with Crippen LogP contribution in [0.2, 0.25) is 0 Å². The van der Waals surface area contributed by atoms with Gasteiger partial charge in [0.2, 0.25) is 0 Å². The zero-order valence-electron chi connectivity index (χ0n) is 17.4. The molecule has 32 heavy (non-hydrogen) atoms. The van der Waals surface area contributed by atoms with Crippen molar-refractivity contribution in [2.24, 2.45) is 5.92 Å². The number of para-hydroxylation sites is 1. The molecule has 0 unspecified atom stereocenters. The average molecular weight is 577 g/mol. The van der Waals surface area contributed by atoms with E-state index in [0.717, 1.165) is 6.42 Å². The number of benzene rings is 3. The van der Waals surface area contributed by atoms with Gasteiger partial charge >= 0.3 is 0 Å². The van der Waals surface area contributed by atoms with Crippen molar-refractivity contribution < 1.29 is 4.92 Å². The number of aryl methyl sites for hydroxylation is 1. The highest BCUT2D eigenvalue weighted by Crippen LogP contribution is 2.58. The van der Waals surface area contributed by atoms with Crippen LogP contribution in [0.15, 0.2) is 71.6 Å². The zero-order valence-corrected chi connectivity index (χ0v) is 21.1. The van der Waals surface area contributed by atoms with Gasteiger partial charge in [0.15, 0.2) is 0 Å². The van der Waals surface area contributed by atoms with Gasteiger partial charge in [-0.1, -0.05) is 42.5 Å². The number of nitro benzene ring substituents is 1. The maximum atomic E-state index is 11.6. The highest BCUT2D eigenvalue weighted by molar-refractivity contribution is 14.1. The summed E-state index contributed by atoms with van der Waals surface area (Å²) >= 11 is 11.1. The van der Waals surface area contributed by atoms with Crippen molar-refractivity contribution in [2.45, 2.75) is 40.8 Å². The van der Waals surface area contributed by atoms with E-state index >= 15 is 0 Å². The van der Waals surface area contributed by atoms with E-state index in [1.54, 1.807) is 23.9 Å². The Bertz CT molecular complexity index is 1180. The smallest absolute Gasteiger partial charge is 0.282 e. The molecule has 1 N–H and O–H groups in total. The molecule has 0 spiro atoms. The molecule has 1 aliphatic heterocycles. The summed E-state index contributed by atoms with van der Waals surface area (Å²) in [4.78, 5) is 11.9. The molecule has 0 radical (unpaired) electrons. The van der Waals surface area contributed by atoms with Crippen molar-refractivity contribution in [3.63, 3.8) is 0 Å².